The van der Waals surface area contributed by atoms with Crippen molar-refractivity contribution in [1.29, 1.82) is 0 Å². The monoisotopic (exact) mass is 242 g/mol. The van der Waals surface area contributed by atoms with Crippen LogP contribution in [0.5, 0.6) is 0 Å². The molecule has 0 bridgehead atoms. The van der Waals surface area contributed by atoms with Gasteiger partial charge in [-0.15, -0.1) is 0 Å². The minimum Gasteiger partial charge on any atom is -0.444 e. The van der Waals surface area contributed by atoms with E-state index in [1.54, 1.807) is 0 Å². The lowest BCUT2D eigenvalue weighted by atomic mass is 10.0. The summed E-state index contributed by atoms with van der Waals surface area (Å²) >= 11 is 0. The van der Waals surface area contributed by atoms with Gasteiger partial charge >= 0.3 is 6.09 Å². The van der Waals surface area contributed by atoms with Crippen LogP contribution in [0.1, 0.15) is 47.5 Å². The van der Waals surface area contributed by atoms with Crippen LogP contribution in [0.25, 0.3) is 0 Å². The molecule has 1 rings (SSSR count). The molecule has 1 aliphatic heterocycles. The minimum atomic E-state index is -0.415. The summed E-state index contributed by atoms with van der Waals surface area (Å²) in [5, 5.41) is 3.47. The second-order valence-corrected chi connectivity index (χ2v) is 5.76. The molecule has 0 spiro atoms. The van der Waals surface area contributed by atoms with E-state index < -0.39 is 5.60 Å². The van der Waals surface area contributed by atoms with E-state index in [1.807, 2.05) is 25.7 Å². The van der Waals surface area contributed by atoms with Crippen molar-refractivity contribution in [2.45, 2.75) is 65.1 Å². The molecule has 0 radical (unpaired) electrons. The van der Waals surface area contributed by atoms with E-state index in [9.17, 15) is 4.79 Å². The fourth-order valence-corrected chi connectivity index (χ4v) is 2.19. The lowest BCUT2D eigenvalue weighted by Crippen LogP contribution is -2.58. The molecule has 1 N–H and O–H groups in total. The quantitative estimate of drug-likeness (QED) is 0.808. The normalized spacial score (nSPS) is 25.8. The molecule has 1 heterocycles. The predicted octanol–water partition coefficient (Wildman–Crippen LogP) is 2.38. The fraction of sp³-hybridized carbons (Fsp3) is 0.923. The molecular formula is C13H26N2O2. The van der Waals surface area contributed by atoms with Gasteiger partial charge in [-0.1, -0.05) is 13.3 Å². The molecule has 0 saturated carbocycles. The highest BCUT2D eigenvalue weighted by molar-refractivity contribution is 5.68. The first-order chi connectivity index (χ1) is 7.85. The first kappa shape index (κ1) is 14.3. The number of carbonyl (C=O) groups excluding carboxylic acids is 1. The molecule has 4 nitrogen and oxygen atoms in total. The Balaban J connectivity index is 2.60. The van der Waals surface area contributed by atoms with Crippen LogP contribution in [-0.2, 0) is 4.74 Å². The molecule has 0 aromatic carbocycles. The smallest absolute Gasteiger partial charge is 0.410 e. The summed E-state index contributed by atoms with van der Waals surface area (Å²) in [6.07, 6.45) is 2.04. The number of carbonyl (C=O) groups is 1. The van der Waals surface area contributed by atoms with Crippen molar-refractivity contribution in [3.05, 3.63) is 0 Å². The number of ether oxygens (including phenoxy) is 1. The van der Waals surface area contributed by atoms with Crippen molar-refractivity contribution in [3.63, 3.8) is 0 Å². The van der Waals surface area contributed by atoms with E-state index in [-0.39, 0.29) is 12.1 Å². The molecule has 1 saturated heterocycles. The van der Waals surface area contributed by atoms with Gasteiger partial charge < -0.3 is 15.0 Å². The third-order valence-electron chi connectivity index (χ3n) is 3.06. The summed E-state index contributed by atoms with van der Waals surface area (Å²) in [7, 11) is 0. The summed E-state index contributed by atoms with van der Waals surface area (Å²) in [4.78, 5) is 13.9. The van der Waals surface area contributed by atoms with Crippen molar-refractivity contribution >= 4 is 6.09 Å². The second-order valence-electron chi connectivity index (χ2n) is 5.76. The number of piperazine rings is 1. The van der Waals surface area contributed by atoms with Crippen LogP contribution in [-0.4, -0.2) is 41.8 Å². The Kier molecular flexibility index (Phi) is 4.80. The zero-order valence-corrected chi connectivity index (χ0v) is 11.7. The maximum Gasteiger partial charge on any atom is 0.410 e. The van der Waals surface area contributed by atoms with Gasteiger partial charge in [0.15, 0.2) is 0 Å². The van der Waals surface area contributed by atoms with Crippen LogP contribution in [0.4, 0.5) is 4.79 Å². The third-order valence-corrected chi connectivity index (χ3v) is 3.06. The molecule has 1 fully saturated rings. The van der Waals surface area contributed by atoms with E-state index in [0.29, 0.717) is 6.04 Å². The van der Waals surface area contributed by atoms with Gasteiger partial charge in [0, 0.05) is 25.2 Å². The molecule has 0 aromatic rings. The lowest BCUT2D eigenvalue weighted by molar-refractivity contribution is 0.00769. The first-order valence-corrected chi connectivity index (χ1v) is 6.58. The molecule has 100 valence electrons. The summed E-state index contributed by atoms with van der Waals surface area (Å²) in [6, 6.07) is 0.597. The van der Waals surface area contributed by atoms with Gasteiger partial charge in [0.05, 0.1) is 0 Å². The summed E-state index contributed by atoms with van der Waals surface area (Å²) < 4.78 is 5.43. The second kappa shape index (κ2) is 5.71. The van der Waals surface area contributed by atoms with Gasteiger partial charge in [-0.05, 0) is 34.1 Å². The van der Waals surface area contributed by atoms with Crippen molar-refractivity contribution in [3.8, 4) is 0 Å². The van der Waals surface area contributed by atoms with E-state index in [2.05, 4.69) is 19.2 Å². The maximum absolute atomic E-state index is 12.0. The van der Waals surface area contributed by atoms with Gasteiger partial charge in [0.2, 0.25) is 0 Å². The largest absolute Gasteiger partial charge is 0.444 e. The van der Waals surface area contributed by atoms with Crippen LogP contribution in [0.3, 0.4) is 0 Å². The topological polar surface area (TPSA) is 41.6 Å². The van der Waals surface area contributed by atoms with Gasteiger partial charge in [-0.25, -0.2) is 4.79 Å². The fourth-order valence-electron chi connectivity index (χ4n) is 2.19. The highest BCUT2D eigenvalue weighted by atomic mass is 16.6. The van der Waals surface area contributed by atoms with Crippen molar-refractivity contribution in [2.24, 2.45) is 0 Å². The zero-order chi connectivity index (χ0) is 13.1. The molecule has 1 amide bonds. The number of rotatable bonds is 2. The summed E-state index contributed by atoms with van der Waals surface area (Å²) in [5.74, 6) is 0. The predicted molar refractivity (Wildman–Crippen MR) is 69.1 cm³/mol. The minimum absolute atomic E-state index is 0.187. The van der Waals surface area contributed by atoms with Crippen LogP contribution < -0.4 is 5.32 Å². The van der Waals surface area contributed by atoms with Crippen molar-refractivity contribution < 1.29 is 9.53 Å². The molecule has 2 atom stereocenters. The molecule has 17 heavy (non-hydrogen) atoms. The Hall–Kier alpha value is -0.770. The maximum atomic E-state index is 12.0. The molecule has 0 aliphatic carbocycles. The van der Waals surface area contributed by atoms with Crippen molar-refractivity contribution in [2.75, 3.05) is 13.1 Å². The summed E-state index contributed by atoms with van der Waals surface area (Å²) in [6.45, 7) is 11.6. The number of hydrogen-bond acceptors (Lipinski definition) is 3. The van der Waals surface area contributed by atoms with Gasteiger partial charge in [0.1, 0.15) is 5.60 Å². The molecule has 4 heteroatoms. The van der Waals surface area contributed by atoms with Crippen LogP contribution in [0.15, 0.2) is 0 Å². The average Bonchev–Trinajstić information content (AvgIpc) is 2.18. The number of nitrogens with one attached hydrogen (secondary N) is 1. The standard InChI is InChI=1S/C13H26N2O2/c1-6-7-11-10(2)15(9-8-14-11)12(16)17-13(3,4)5/h10-11,14H,6-9H2,1-5H3/t10-,11-/m1/s1. The Morgan fingerprint density at radius 1 is 1.47 bits per heavy atom. The van der Waals surface area contributed by atoms with E-state index in [0.717, 1.165) is 25.9 Å². The number of nitrogens with zero attached hydrogens (tertiary/aromatic N) is 1. The van der Waals surface area contributed by atoms with Crippen LogP contribution >= 0.6 is 0 Å². The van der Waals surface area contributed by atoms with Gasteiger partial charge in [-0.2, -0.15) is 0 Å². The highest BCUT2D eigenvalue weighted by Gasteiger charge is 2.32. The Labute approximate surface area is 105 Å². The van der Waals surface area contributed by atoms with Crippen LogP contribution in [0.2, 0.25) is 0 Å². The Morgan fingerprint density at radius 3 is 2.65 bits per heavy atom. The number of hydrogen-bond donors (Lipinski definition) is 1. The van der Waals surface area contributed by atoms with Crippen LogP contribution in [0, 0.1) is 0 Å². The third kappa shape index (κ3) is 4.19. The van der Waals surface area contributed by atoms with E-state index in [1.165, 1.54) is 0 Å². The lowest BCUT2D eigenvalue weighted by Gasteiger charge is -2.40. The number of amides is 1. The summed E-state index contributed by atoms with van der Waals surface area (Å²) in [5.41, 5.74) is -0.415. The van der Waals surface area contributed by atoms with E-state index >= 15 is 0 Å². The highest BCUT2D eigenvalue weighted by Crippen LogP contribution is 2.17. The first-order valence-electron chi connectivity index (χ1n) is 6.58. The Bertz CT molecular complexity index is 259. The van der Waals surface area contributed by atoms with Gasteiger partial charge in [-0.3, -0.25) is 0 Å². The Morgan fingerprint density at radius 2 is 2.12 bits per heavy atom. The molecule has 0 unspecified atom stereocenters. The van der Waals surface area contributed by atoms with Crippen molar-refractivity contribution in [1.82, 2.24) is 10.2 Å². The average molecular weight is 242 g/mol. The molecule has 1 aliphatic rings. The molecule has 0 aromatic heterocycles. The SMILES string of the molecule is CCC[C@H]1NCCN(C(=O)OC(C)(C)C)[C@@H]1C. The zero-order valence-electron chi connectivity index (χ0n) is 11.7. The molecular weight excluding hydrogens is 216 g/mol. The van der Waals surface area contributed by atoms with Gasteiger partial charge in [0.25, 0.3) is 0 Å². The van der Waals surface area contributed by atoms with E-state index in [4.69, 9.17) is 4.74 Å².